The monoisotopic (exact) mass is 427 g/mol. The molecule has 5 heteroatoms. The van der Waals surface area contributed by atoms with Crippen LogP contribution in [0.1, 0.15) is 34.7 Å². The Bertz CT molecular complexity index is 1210. The van der Waals surface area contributed by atoms with E-state index in [-0.39, 0.29) is 5.70 Å². The number of benzene rings is 3. The summed E-state index contributed by atoms with van der Waals surface area (Å²) in [6, 6.07) is 21.4. The number of carbonyl (C=O) groups excluding carboxylic acids is 1. The van der Waals surface area contributed by atoms with Gasteiger partial charge in [-0.15, -0.1) is 0 Å². The summed E-state index contributed by atoms with van der Waals surface area (Å²) in [7, 11) is 0. The third kappa shape index (κ3) is 4.89. The third-order valence-corrected chi connectivity index (χ3v) is 5.04. The molecular formula is C27H25NO4. The van der Waals surface area contributed by atoms with Gasteiger partial charge in [0.15, 0.2) is 17.2 Å². The highest BCUT2D eigenvalue weighted by molar-refractivity contribution is 6.13. The topological polar surface area (TPSA) is 57.1 Å². The van der Waals surface area contributed by atoms with E-state index in [0.717, 1.165) is 22.3 Å². The van der Waals surface area contributed by atoms with Crippen LogP contribution >= 0.6 is 0 Å². The number of cyclic esters (lactones) is 1. The van der Waals surface area contributed by atoms with Gasteiger partial charge in [0.2, 0.25) is 5.90 Å². The van der Waals surface area contributed by atoms with Crippen LogP contribution in [0.2, 0.25) is 0 Å². The minimum absolute atomic E-state index is 0.249. The Labute approximate surface area is 188 Å². The molecule has 0 amide bonds. The van der Waals surface area contributed by atoms with Gasteiger partial charge in [-0.05, 0) is 61.7 Å². The third-order valence-electron chi connectivity index (χ3n) is 5.04. The maximum Gasteiger partial charge on any atom is 0.363 e. The van der Waals surface area contributed by atoms with E-state index in [0.29, 0.717) is 30.6 Å². The summed E-state index contributed by atoms with van der Waals surface area (Å²) in [5.41, 5.74) is 5.10. The molecule has 162 valence electrons. The molecule has 0 spiro atoms. The molecule has 3 aromatic carbocycles. The number of aliphatic imine (C=N–C) groups is 1. The fraction of sp³-hybridized carbons (Fsp3) is 0.185. The molecule has 3 aromatic rings. The second-order valence-electron chi connectivity index (χ2n) is 7.57. The quantitative estimate of drug-likeness (QED) is 0.362. The van der Waals surface area contributed by atoms with Gasteiger partial charge in [0, 0.05) is 5.56 Å². The molecule has 4 rings (SSSR count). The zero-order chi connectivity index (χ0) is 22.5. The molecule has 0 fully saturated rings. The van der Waals surface area contributed by atoms with Crippen molar-refractivity contribution in [3.63, 3.8) is 0 Å². The van der Waals surface area contributed by atoms with Crippen LogP contribution in [0.15, 0.2) is 77.4 Å². The maximum absolute atomic E-state index is 12.4. The van der Waals surface area contributed by atoms with Crippen LogP contribution in [-0.2, 0) is 16.1 Å². The maximum atomic E-state index is 12.4. The lowest BCUT2D eigenvalue weighted by molar-refractivity contribution is -0.129. The number of esters is 1. The highest BCUT2D eigenvalue weighted by atomic mass is 16.6. The summed E-state index contributed by atoms with van der Waals surface area (Å²) in [4.78, 5) is 16.8. The summed E-state index contributed by atoms with van der Waals surface area (Å²) in [5.74, 6) is 1.11. The fourth-order valence-electron chi connectivity index (χ4n) is 3.46. The Morgan fingerprint density at radius 3 is 2.56 bits per heavy atom. The van der Waals surface area contributed by atoms with Crippen molar-refractivity contribution >= 4 is 17.9 Å². The smallest absolute Gasteiger partial charge is 0.363 e. The zero-order valence-electron chi connectivity index (χ0n) is 18.4. The number of ether oxygens (including phenoxy) is 3. The van der Waals surface area contributed by atoms with Crippen molar-refractivity contribution in [2.24, 2.45) is 4.99 Å². The van der Waals surface area contributed by atoms with Crippen molar-refractivity contribution in [1.29, 1.82) is 0 Å². The van der Waals surface area contributed by atoms with Crippen molar-refractivity contribution in [2.75, 3.05) is 6.61 Å². The number of aryl methyl sites for hydroxylation is 2. The van der Waals surface area contributed by atoms with Crippen LogP contribution in [0, 0.1) is 13.8 Å². The van der Waals surface area contributed by atoms with Crippen molar-refractivity contribution in [2.45, 2.75) is 27.4 Å². The van der Waals surface area contributed by atoms with Gasteiger partial charge in [0.25, 0.3) is 0 Å². The lowest BCUT2D eigenvalue weighted by Crippen LogP contribution is -2.06. The van der Waals surface area contributed by atoms with Crippen molar-refractivity contribution in [3.8, 4) is 11.5 Å². The van der Waals surface area contributed by atoms with Gasteiger partial charge in [-0.3, -0.25) is 0 Å². The van der Waals surface area contributed by atoms with Crippen LogP contribution in [0.3, 0.4) is 0 Å². The molecule has 0 bridgehead atoms. The lowest BCUT2D eigenvalue weighted by Gasteiger charge is -2.13. The number of carbonyl (C=O) groups is 1. The van der Waals surface area contributed by atoms with Crippen molar-refractivity contribution < 1.29 is 19.0 Å². The Kier molecular flexibility index (Phi) is 6.36. The van der Waals surface area contributed by atoms with Crippen molar-refractivity contribution in [1.82, 2.24) is 0 Å². The Morgan fingerprint density at radius 1 is 0.938 bits per heavy atom. The van der Waals surface area contributed by atoms with Gasteiger partial charge < -0.3 is 14.2 Å². The Balaban J connectivity index is 1.57. The van der Waals surface area contributed by atoms with Crippen LogP contribution in [0.25, 0.3) is 6.08 Å². The van der Waals surface area contributed by atoms with E-state index in [1.807, 2.05) is 68.4 Å². The lowest BCUT2D eigenvalue weighted by atomic mass is 10.1. The van der Waals surface area contributed by atoms with E-state index in [4.69, 9.17) is 14.2 Å². The van der Waals surface area contributed by atoms with E-state index in [1.165, 1.54) is 5.56 Å². The average Bonchev–Trinajstić information content (AvgIpc) is 3.13. The highest BCUT2D eigenvalue weighted by Crippen LogP contribution is 2.31. The summed E-state index contributed by atoms with van der Waals surface area (Å²) < 4.78 is 17.2. The van der Waals surface area contributed by atoms with Crippen molar-refractivity contribution in [3.05, 3.63) is 100 Å². The molecule has 5 nitrogen and oxygen atoms in total. The van der Waals surface area contributed by atoms with Gasteiger partial charge in [-0.1, -0.05) is 54.1 Å². The second kappa shape index (κ2) is 9.52. The van der Waals surface area contributed by atoms with Crippen LogP contribution in [0.5, 0.6) is 11.5 Å². The summed E-state index contributed by atoms with van der Waals surface area (Å²) in [6.07, 6.45) is 1.69. The molecule has 1 aliphatic heterocycles. The van der Waals surface area contributed by atoms with Gasteiger partial charge in [-0.2, -0.15) is 0 Å². The Hall–Kier alpha value is -3.86. The summed E-state index contributed by atoms with van der Waals surface area (Å²) in [5, 5.41) is 0. The molecule has 0 saturated carbocycles. The number of rotatable bonds is 7. The normalized spacial score (nSPS) is 14.3. The first-order valence-corrected chi connectivity index (χ1v) is 10.6. The first-order chi connectivity index (χ1) is 15.5. The molecule has 1 heterocycles. The first kappa shape index (κ1) is 21.4. The molecule has 0 aromatic heterocycles. The van der Waals surface area contributed by atoms with E-state index < -0.39 is 5.97 Å². The standard InChI is InChI=1S/C27H25NO4/c1-4-30-25-16-20(12-13-24(25)31-17-21-10-7-8-18(2)14-21)15-23-27(29)32-26(28-23)22-11-6-5-9-19(22)3/h5-16H,4,17H2,1-3H3/b23-15+. The minimum atomic E-state index is -0.471. The second-order valence-corrected chi connectivity index (χ2v) is 7.57. The van der Waals surface area contributed by atoms with Crippen LogP contribution < -0.4 is 9.47 Å². The molecule has 1 aliphatic rings. The molecule has 0 saturated heterocycles. The van der Waals surface area contributed by atoms with Crippen LogP contribution in [0.4, 0.5) is 0 Å². The van der Waals surface area contributed by atoms with Gasteiger partial charge in [-0.25, -0.2) is 9.79 Å². The van der Waals surface area contributed by atoms with Gasteiger partial charge in [0.1, 0.15) is 6.61 Å². The largest absolute Gasteiger partial charge is 0.490 e. The first-order valence-electron chi connectivity index (χ1n) is 10.6. The van der Waals surface area contributed by atoms with E-state index in [9.17, 15) is 4.79 Å². The van der Waals surface area contributed by atoms with Gasteiger partial charge >= 0.3 is 5.97 Å². The fourth-order valence-corrected chi connectivity index (χ4v) is 3.46. The van der Waals surface area contributed by atoms with E-state index in [1.54, 1.807) is 6.08 Å². The molecule has 0 radical (unpaired) electrons. The van der Waals surface area contributed by atoms with E-state index >= 15 is 0 Å². The zero-order valence-corrected chi connectivity index (χ0v) is 18.4. The molecule has 0 unspecified atom stereocenters. The molecule has 32 heavy (non-hydrogen) atoms. The molecule has 0 N–H and O–H groups in total. The number of nitrogens with zero attached hydrogens (tertiary/aromatic N) is 1. The number of hydrogen-bond acceptors (Lipinski definition) is 5. The average molecular weight is 428 g/mol. The van der Waals surface area contributed by atoms with E-state index in [2.05, 4.69) is 24.0 Å². The highest BCUT2D eigenvalue weighted by Gasteiger charge is 2.25. The van der Waals surface area contributed by atoms with Gasteiger partial charge in [0.05, 0.1) is 6.61 Å². The minimum Gasteiger partial charge on any atom is -0.490 e. The number of hydrogen-bond donors (Lipinski definition) is 0. The molecular weight excluding hydrogens is 402 g/mol. The predicted molar refractivity (Wildman–Crippen MR) is 125 cm³/mol. The van der Waals surface area contributed by atoms with Crippen LogP contribution in [-0.4, -0.2) is 18.5 Å². The summed E-state index contributed by atoms with van der Waals surface area (Å²) in [6.45, 7) is 6.87. The molecule has 0 aliphatic carbocycles. The predicted octanol–water partition coefficient (Wildman–Crippen LogP) is 5.63. The summed E-state index contributed by atoms with van der Waals surface area (Å²) >= 11 is 0. The molecule has 0 atom stereocenters. The SMILES string of the molecule is CCOc1cc(/C=C2/N=C(c3ccccc3C)OC2=O)ccc1OCc1cccc(C)c1. The Morgan fingerprint density at radius 2 is 1.78 bits per heavy atom.